The molecule has 0 radical (unpaired) electrons. The van der Waals surface area contributed by atoms with E-state index >= 15 is 0 Å². The number of hydrogen-bond acceptors (Lipinski definition) is 6. The van der Waals surface area contributed by atoms with E-state index in [9.17, 15) is 4.79 Å². The van der Waals surface area contributed by atoms with Crippen LogP contribution in [-0.4, -0.2) is 27.7 Å². The summed E-state index contributed by atoms with van der Waals surface area (Å²) in [6, 6.07) is 3.99. The molecule has 2 aromatic heterocycles. The van der Waals surface area contributed by atoms with Gasteiger partial charge in [-0.3, -0.25) is 0 Å². The molecule has 0 fully saturated rings. The number of nitrogens with one attached hydrogen (secondary N) is 1. The van der Waals surface area contributed by atoms with Gasteiger partial charge in [-0.25, -0.2) is 9.78 Å². The second kappa shape index (κ2) is 6.33. The van der Waals surface area contributed by atoms with Gasteiger partial charge >= 0.3 is 5.97 Å². The van der Waals surface area contributed by atoms with Crippen molar-refractivity contribution in [3.8, 4) is 5.88 Å². The molecule has 20 heavy (non-hydrogen) atoms. The van der Waals surface area contributed by atoms with Crippen molar-refractivity contribution in [1.29, 1.82) is 0 Å². The van der Waals surface area contributed by atoms with Crippen LogP contribution in [0.3, 0.4) is 0 Å². The Hall–Kier alpha value is -2.15. The van der Waals surface area contributed by atoms with Crippen LogP contribution in [0, 0.1) is 13.8 Å². The minimum atomic E-state index is -1.03. The average Bonchev–Trinajstić information content (AvgIpc) is 2.91. The molecule has 0 aliphatic rings. The fraction of sp³-hybridized carbons (Fsp3) is 0.308. The topological polar surface area (TPSA) is 84.3 Å². The molecule has 0 aliphatic carbocycles. The standard InChI is InChI=1S/C13H15N3O3S/c1-8-9(2)15-13(14-6-10-4-3-5-20-10)16-12(8)19-7-11(17)18/h3-5H,6-7H2,1-2H3,(H,17,18)(H,14,15,16). The third-order valence-electron chi connectivity index (χ3n) is 2.68. The zero-order valence-corrected chi connectivity index (χ0v) is 12.0. The minimum Gasteiger partial charge on any atom is -0.479 e. The summed E-state index contributed by atoms with van der Waals surface area (Å²) in [6.07, 6.45) is 0. The summed E-state index contributed by atoms with van der Waals surface area (Å²) in [5.74, 6) is -0.302. The SMILES string of the molecule is Cc1nc(NCc2cccs2)nc(OCC(=O)O)c1C. The molecule has 0 spiro atoms. The lowest BCUT2D eigenvalue weighted by Crippen LogP contribution is -2.13. The number of carboxylic acids is 1. The van der Waals surface area contributed by atoms with Gasteiger partial charge in [0.2, 0.25) is 11.8 Å². The molecular weight excluding hydrogens is 278 g/mol. The van der Waals surface area contributed by atoms with Crippen LogP contribution in [0.25, 0.3) is 0 Å². The van der Waals surface area contributed by atoms with Gasteiger partial charge in [0.15, 0.2) is 6.61 Å². The van der Waals surface area contributed by atoms with Gasteiger partial charge in [-0.05, 0) is 25.3 Å². The third-order valence-corrected chi connectivity index (χ3v) is 3.55. The quantitative estimate of drug-likeness (QED) is 0.849. The Kier molecular flexibility index (Phi) is 4.52. The van der Waals surface area contributed by atoms with Crippen LogP contribution in [-0.2, 0) is 11.3 Å². The lowest BCUT2D eigenvalue weighted by molar-refractivity contribution is -0.139. The Bertz CT molecular complexity index is 599. The lowest BCUT2D eigenvalue weighted by Gasteiger charge is -2.11. The number of carbonyl (C=O) groups is 1. The molecule has 0 bridgehead atoms. The van der Waals surface area contributed by atoms with Crippen LogP contribution in [0.5, 0.6) is 5.88 Å². The van der Waals surface area contributed by atoms with Crippen molar-refractivity contribution >= 4 is 23.3 Å². The van der Waals surface area contributed by atoms with E-state index in [-0.39, 0.29) is 0 Å². The fourth-order valence-electron chi connectivity index (χ4n) is 1.53. The van der Waals surface area contributed by atoms with Crippen molar-refractivity contribution in [2.75, 3.05) is 11.9 Å². The fourth-order valence-corrected chi connectivity index (χ4v) is 2.18. The van der Waals surface area contributed by atoms with E-state index in [1.54, 1.807) is 18.3 Å². The third kappa shape index (κ3) is 3.67. The summed E-state index contributed by atoms with van der Waals surface area (Å²) in [5.41, 5.74) is 1.50. The largest absolute Gasteiger partial charge is 0.479 e. The first-order chi connectivity index (χ1) is 9.56. The van der Waals surface area contributed by atoms with Crippen LogP contribution in [0.15, 0.2) is 17.5 Å². The highest BCUT2D eigenvalue weighted by molar-refractivity contribution is 7.09. The summed E-state index contributed by atoms with van der Waals surface area (Å²) < 4.78 is 5.17. The van der Waals surface area contributed by atoms with E-state index in [1.165, 1.54) is 4.88 Å². The number of carboxylic acid groups (broad SMARTS) is 1. The van der Waals surface area contributed by atoms with E-state index < -0.39 is 12.6 Å². The first kappa shape index (κ1) is 14.3. The Morgan fingerprint density at radius 2 is 2.25 bits per heavy atom. The molecule has 0 unspecified atom stereocenters. The molecule has 6 nitrogen and oxygen atoms in total. The molecule has 106 valence electrons. The Morgan fingerprint density at radius 3 is 2.90 bits per heavy atom. The summed E-state index contributed by atoms with van der Waals surface area (Å²) >= 11 is 1.64. The first-order valence-corrected chi connectivity index (χ1v) is 6.90. The van der Waals surface area contributed by atoms with Gasteiger partial charge in [0.25, 0.3) is 0 Å². The molecule has 0 saturated carbocycles. The number of thiophene rings is 1. The van der Waals surface area contributed by atoms with Gasteiger partial charge in [0, 0.05) is 16.1 Å². The predicted octanol–water partition coefficient (Wildman–Crippen LogP) is 2.23. The molecule has 2 rings (SSSR count). The van der Waals surface area contributed by atoms with Gasteiger partial charge in [-0.15, -0.1) is 11.3 Å². The van der Waals surface area contributed by atoms with Crippen molar-refractivity contribution in [1.82, 2.24) is 9.97 Å². The average molecular weight is 293 g/mol. The Balaban J connectivity index is 2.10. The molecule has 2 N–H and O–H groups in total. The predicted molar refractivity (Wildman–Crippen MR) is 76.3 cm³/mol. The number of rotatable bonds is 6. The second-order valence-electron chi connectivity index (χ2n) is 4.18. The van der Waals surface area contributed by atoms with Crippen molar-refractivity contribution in [3.63, 3.8) is 0 Å². The monoisotopic (exact) mass is 293 g/mol. The molecule has 0 saturated heterocycles. The highest BCUT2D eigenvalue weighted by Gasteiger charge is 2.10. The lowest BCUT2D eigenvalue weighted by atomic mass is 10.2. The van der Waals surface area contributed by atoms with Crippen molar-refractivity contribution < 1.29 is 14.6 Å². The molecule has 2 aromatic rings. The van der Waals surface area contributed by atoms with E-state index in [4.69, 9.17) is 9.84 Å². The summed E-state index contributed by atoms with van der Waals surface area (Å²) in [7, 11) is 0. The van der Waals surface area contributed by atoms with Gasteiger partial charge in [0.05, 0.1) is 6.54 Å². The number of aryl methyl sites for hydroxylation is 1. The molecule has 7 heteroatoms. The van der Waals surface area contributed by atoms with Gasteiger partial charge in [-0.1, -0.05) is 6.07 Å². The maximum absolute atomic E-state index is 10.6. The van der Waals surface area contributed by atoms with Crippen LogP contribution >= 0.6 is 11.3 Å². The number of anilines is 1. The molecule has 0 atom stereocenters. The van der Waals surface area contributed by atoms with E-state index in [2.05, 4.69) is 15.3 Å². The van der Waals surface area contributed by atoms with Crippen LogP contribution in [0.4, 0.5) is 5.95 Å². The van der Waals surface area contributed by atoms with Crippen LogP contribution < -0.4 is 10.1 Å². The first-order valence-electron chi connectivity index (χ1n) is 6.02. The van der Waals surface area contributed by atoms with Crippen molar-refractivity contribution in [2.45, 2.75) is 20.4 Å². The number of aromatic nitrogens is 2. The number of ether oxygens (including phenoxy) is 1. The summed E-state index contributed by atoms with van der Waals surface area (Å²) in [6.45, 7) is 3.84. The number of aliphatic carboxylic acids is 1. The van der Waals surface area contributed by atoms with Gasteiger partial charge in [0.1, 0.15) is 0 Å². The molecule has 0 aliphatic heterocycles. The second-order valence-corrected chi connectivity index (χ2v) is 5.21. The number of hydrogen-bond donors (Lipinski definition) is 2. The van der Waals surface area contributed by atoms with E-state index in [1.807, 2.05) is 24.4 Å². The van der Waals surface area contributed by atoms with Gasteiger partial charge in [-0.2, -0.15) is 4.98 Å². The molecular formula is C13H15N3O3S. The molecule has 0 amide bonds. The summed E-state index contributed by atoms with van der Waals surface area (Å²) in [5, 5.41) is 13.8. The minimum absolute atomic E-state index is 0.300. The normalized spacial score (nSPS) is 10.3. The highest BCUT2D eigenvalue weighted by atomic mass is 32.1. The van der Waals surface area contributed by atoms with Crippen molar-refractivity contribution in [3.05, 3.63) is 33.6 Å². The van der Waals surface area contributed by atoms with Crippen LogP contribution in [0.1, 0.15) is 16.1 Å². The maximum Gasteiger partial charge on any atom is 0.341 e. The van der Waals surface area contributed by atoms with Gasteiger partial charge < -0.3 is 15.2 Å². The zero-order chi connectivity index (χ0) is 14.5. The Morgan fingerprint density at radius 1 is 1.45 bits per heavy atom. The summed E-state index contributed by atoms with van der Waals surface area (Å²) in [4.78, 5) is 20.2. The zero-order valence-electron chi connectivity index (χ0n) is 11.2. The van der Waals surface area contributed by atoms with Crippen LogP contribution in [0.2, 0.25) is 0 Å². The maximum atomic E-state index is 10.6. The smallest absolute Gasteiger partial charge is 0.341 e. The Labute approximate surface area is 120 Å². The van der Waals surface area contributed by atoms with E-state index in [0.717, 1.165) is 11.3 Å². The number of nitrogens with zero attached hydrogens (tertiary/aromatic N) is 2. The van der Waals surface area contributed by atoms with Crippen molar-refractivity contribution in [2.24, 2.45) is 0 Å². The molecule has 2 heterocycles. The highest BCUT2D eigenvalue weighted by Crippen LogP contribution is 2.20. The van der Waals surface area contributed by atoms with E-state index in [0.29, 0.717) is 18.4 Å². The molecule has 0 aromatic carbocycles.